The van der Waals surface area contributed by atoms with Crippen LogP contribution in [0.5, 0.6) is 0 Å². The Hall–Kier alpha value is -1.47. The predicted octanol–water partition coefficient (Wildman–Crippen LogP) is 2.06. The molecule has 1 fully saturated rings. The fourth-order valence-electron chi connectivity index (χ4n) is 2.52. The summed E-state index contributed by atoms with van der Waals surface area (Å²) in [5, 5.41) is 11.9. The molecular weight excluding hydrogens is 338 g/mol. The van der Waals surface area contributed by atoms with E-state index in [0.29, 0.717) is 24.2 Å². The van der Waals surface area contributed by atoms with Gasteiger partial charge in [-0.05, 0) is 13.0 Å². The van der Waals surface area contributed by atoms with E-state index in [1.54, 1.807) is 24.0 Å². The van der Waals surface area contributed by atoms with Crippen molar-refractivity contribution in [1.82, 2.24) is 9.80 Å². The first-order valence-corrected chi connectivity index (χ1v) is 7.98. The number of alkyl halides is 1. The van der Waals surface area contributed by atoms with Gasteiger partial charge in [0.15, 0.2) is 0 Å². The number of carbonyl (C=O) groups is 1. The van der Waals surface area contributed by atoms with Crippen LogP contribution in [0.3, 0.4) is 0 Å². The van der Waals surface area contributed by atoms with Gasteiger partial charge in [0, 0.05) is 55.2 Å². The SMILES string of the molecule is Cc1c(C(=O)N2CCN(CCBr)CC2)cccc1[N+](=O)[O-]. The van der Waals surface area contributed by atoms with Crippen LogP contribution >= 0.6 is 15.9 Å². The van der Waals surface area contributed by atoms with Crippen LogP contribution in [0.25, 0.3) is 0 Å². The zero-order valence-corrected chi connectivity index (χ0v) is 13.5. The van der Waals surface area contributed by atoms with Gasteiger partial charge in [-0.3, -0.25) is 19.8 Å². The standard InChI is InChI=1S/C14H18BrN3O3/c1-11-12(3-2-4-13(11)18(20)21)14(19)17-9-7-16(6-5-15)8-10-17/h2-4H,5-10H2,1H3. The summed E-state index contributed by atoms with van der Waals surface area (Å²) < 4.78 is 0. The molecule has 1 heterocycles. The minimum Gasteiger partial charge on any atom is -0.336 e. The van der Waals surface area contributed by atoms with Crippen molar-refractivity contribution in [3.05, 3.63) is 39.4 Å². The van der Waals surface area contributed by atoms with Crippen molar-refractivity contribution < 1.29 is 9.72 Å². The molecule has 21 heavy (non-hydrogen) atoms. The van der Waals surface area contributed by atoms with Gasteiger partial charge in [-0.25, -0.2) is 0 Å². The molecule has 0 bridgehead atoms. The number of nitro groups is 1. The topological polar surface area (TPSA) is 66.7 Å². The molecule has 0 N–H and O–H groups in total. The second-order valence-corrected chi connectivity index (χ2v) is 5.82. The number of hydrogen-bond donors (Lipinski definition) is 0. The average molecular weight is 356 g/mol. The average Bonchev–Trinajstić information content (AvgIpc) is 2.47. The van der Waals surface area contributed by atoms with Crippen molar-refractivity contribution in [3.63, 3.8) is 0 Å². The van der Waals surface area contributed by atoms with Gasteiger partial charge in [0.2, 0.25) is 0 Å². The zero-order chi connectivity index (χ0) is 15.4. The van der Waals surface area contributed by atoms with Crippen LogP contribution in [-0.2, 0) is 0 Å². The summed E-state index contributed by atoms with van der Waals surface area (Å²) in [6.45, 7) is 5.60. The van der Waals surface area contributed by atoms with Crippen molar-refractivity contribution in [2.45, 2.75) is 6.92 Å². The van der Waals surface area contributed by atoms with Gasteiger partial charge in [0.25, 0.3) is 11.6 Å². The molecule has 1 saturated heterocycles. The van der Waals surface area contributed by atoms with Crippen LogP contribution in [0.1, 0.15) is 15.9 Å². The molecule has 6 nitrogen and oxygen atoms in total. The molecule has 1 aliphatic heterocycles. The van der Waals surface area contributed by atoms with Crippen LogP contribution in [0.2, 0.25) is 0 Å². The molecule has 1 aromatic carbocycles. The number of benzene rings is 1. The molecule has 0 saturated carbocycles. The maximum Gasteiger partial charge on any atom is 0.273 e. The molecule has 0 aliphatic carbocycles. The quantitative estimate of drug-likeness (QED) is 0.471. The van der Waals surface area contributed by atoms with E-state index >= 15 is 0 Å². The smallest absolute Gasteiger partial charge is 0.273 e. The van der Waals surface area contributed by atoms with Gasteiger partial charge < -0.3 is 4.90 Å². The number of carbonyl (C=O) groups excluding carboxylic acids is 1. The molecule has 114 valence electrons. The Morgan fingerprint density at radius 3 is 2.57 bits per heavy atom. The third-order valence-electron chi connectivity index (χ3n) is 3.79. The molecular formula is C14H18BrN3O3. The van der Waals surface area contributed by atoms with Crippen LogP contribution < -0.4 is 0 Å². The van der Waals surface area contributed by atoms with Crippen molar-refractivity contribution in [2.24, 2.45) is 0 Å². The predicted molar refractivity (Wildman–Crippen MR) is 84.0 cm³/mol. The van der Waals surface area contributed by atoms with E-state index < -0.39 is 4.92 Å². The lowest BCUT2D eigenvalue weighted by molar-refractivity contribution is -0.385. The summed E-state index contributed by atoms with van der Waals surface area (Å²) in [7, 11) is 0. The van der Waals surface area contributed by atoms with Crippen LogP contribution in [0.4, 0.5) is 5.69 Å². The largest absolute Gasteiger partial charge is 0.336 e. The second kappa shape index (κ2) is 7.00. The van der Waals surface area contributed by atoms with Gasteiger partial charge in [0.1, 0.15) is 0 Å². The molecule has 0 aromatic heterocycles. The Labute approximate surface area is 132 Å². The number of rotatable bonds is 4. The summed E-state index contributed by atoms with van der Waals surface area (Å²) in [6.07, 6.45) is 0. The van der Waals surface area contributed by atoms with Crippen LogP contribution in [0, 0.1) is 17.0 Å². The number of nitrogens with zero attached hydrogens (tertiary/aromatic N) is 3. The Balaban J connectivity index is 2.11. The van der Waals surface area contributed by atoms with E-state index in [1.807, 2.05) is 0 Å². The fraction of sp³-hybridized carbons (Fsp3) is 0.500. The van der Waals surface area contributed by atoms with E-state index in [2.05, 4.69) is 20.8 Å². The zero-order valence-electron chi connectivity index (χ0n) is 11.9. The normalized spacial score (nSPS) is 16.0. The molecule has 0 unspecified atom stereocenters. The Morgan fingerprint density at radius 2 is 2.00 bits per heavy atom. The number of nitro benzene ring substituents is 1. The fourth-order valence-corrected chi connectivity index (χ4v) is 3.02. The Kier molecular flexibility index (Phi) is 5.30. The lowest BCUT2D eigenvalue weighted by Gasteiger charge is -2.34. The highest BCUT2D eigenvalue weighted by Crippen LogP contribution is 2.22. The van der Waals surface area contributed by atoms with Gasteiger partial charge in [-0.2, -0.15) is 0 Å². The molecule has 1 amide bonds. The van der Waals surface area contributed by atoms with E-state index in [0.717, 1.165) is 25.0 Å². The molecule has 0 atom stereocenters. The first-order valence-electron chi connectivity index (χ1n) is 6.86. The maximum absolute atomic E-state index is 12.5. The molecule has 1 aliphatic rings. The third-order valence-corrected chi connectivity index (χ3v) is 4.15. The van der Waals surface area contributed by atoms with E-state index in [4.69, 9.17) is 0 Å². The number of piperazine rings is 1. The van der Waals surface area contributed by atoms with E-state index in [9.17, 15) is 14.9 Å². The number of halogens is 1. The lowest BCUT2D eigenvalue weighted by atomic mass is 10.1. The summed E-state index contributed by atoms with van der Waals surface area (Å²) in [5.74, 6) is -0.116. The molecule has 0 spiro atoms. The summed E-state index contributed by atoms with van der Waals surface area (Å²) in [5.41, 5.74) is 0.868. The van der Waals surface area contributed by atoms with Crippen LogP contribution in [-0.4, -0.2) is 58.7 Å². The van der Waals surface area contributed by atoms with E-state index in [-0.39, 0.29) is 11.6 Å². The highest BCUT2D eigenvalue weighted by atomic mass is 79.9. The number of amides is 1. The molecule has 1 aromatic rings. The van der Waals surface area contributed by atoms with Crippen molar-refractivity contribution >= 4 is 27.5 Å². The minimum atomic E-state index is -0.444. The van der Waals surface area contributed by atoms with Gasteiger partial charge in [-0.1, -0.05) is 22.0 Å². The van der Waals surface area contributed by atoms with Crippen molar-refractivity contribution in [2.75, 3.05) is 38.1 Å². The lowest BCUT2D eigenvalue weighted by Crippen LogP contribution is -2.49. The monoisotopic (exact) mass is 355 g/mol. The van der Waals surface area contributed by atoms with Gasteiger partial charge in [-0.15, -0.1) is 0 Å². The third kappa shape index (κ3) is 3.59. The Morgan fingerprint density at radius 1 is 1.33 bits per heavy atom. The number of hydrogen-bond acceptors (Lipinski definition) is 4. The maximum atomic E-state index is 12.5. The van der Waals surface area contributed by atoms with E-state index in [1.165, 1.54) is 6.07 Å². The van der Waals surface area contributed by atoms with Crippen molar-refractivity contribution in [1.29, 1.82) is 0 Å². The molecule has 7 heteroatoms. The summed E-state index contributed by atoms with van der Waals surface area (Å²) >= 11 is 3.41. The highest BCUT2D eigenvalue weighted by molar-refractivity contribution is 9.09. The highest BCUT2D eigenvalue weighted by Gasteiger charge is 2.25. The van der Waals surface area contributed by atoms with Crippen LogP contribution in [0.15, 0.2) is 18.2 Å². The second-order valence-electron chi connectivity index (χ2n) is 5.03. The Bertz CT molecular complexity index is 542. The van der Waals surface area contributed by atoms with Gasteiger partial charge >= 0.3 is 0 Å². The first kappa shape index (κ1) is 15.9. The summed E-state index contributed by atoms with van der Waals surface area (Å²) in [6, 6.07) is 4.66. The van der Waals surface area contributed by atoms with Crippen molar-refractivity contribution in [3.8, 4) is 0 Å². The molecule has 0 radical (unpaired) electrons. The van der Waals surface area contributed by atoms with Gasteiger partial charge in [0.05, 0.1) is 4.92 Å². The summed E-state index contributed by atoms with van der Waals surface area (Å²) in [4.78, 5) is 27.1. The minimum absolute atomic E-state index is 0.00113. The first-order chi connectivity index (χ1) is 10.0. The molecule has 2 rings (SSSR count).